The van der Waals surface area contributed by atoms with E-state index in [2.05, 4.69) is 44.2 Å². The molecule has 156 valence electrons. The molecule has 0 unspecified atom stereocenters. The molecular weight excluding hydrogens is 362 g/mol. The Morgan fingerprint density at radius 1 is 1.07 bits per heavy atom. The van der Waals surface area contributed by atoms with Gasteiger partial charge in [-0.2, -0.15) is 0 Å². The van der Waals surface area contributed by atoms with Crippen LogP contribution in [0.1, 0.15) is 61.9 Å². The number of nitrogens with zero attached hydrogens (tertiary/aromatic N) is 1. The van der Waals surface area contributed by atoms with E-state index in [1.165, 1.54) is 16.7 Å². The lowest BCUT2D eigenvalue weighted by Crippen LogP contribution is -2.47. The van der Waals surface area contributed by atoms with Crippen LogP contribution in [0.15, 0.2) is 48.5 Å². The van der Waals surface area contributed by atoms with Crippen LogP contribution in [0.2, 0.25) is 0 Å². The van der Waals surface area contributed by atoms with E-state index in [9.17, 15) is 4.79 Å². The van der Waals surface area contributed by atoms with Crippen LogP contribution < -0.4 is 0 Å². The smallest absolute Gasteiger partial charge is 0.410 e. The van der Waals surface area contributed by atoms with Crippen molar-refractivity contribution in [2.75, 3.05) is 6.54 Å². The van der Waals surface area contributed by atoms with Crippen LogP contribution >= 0.6 is 0 Å². The number of ether oxygens (including phenoxy) is 2. The Bertz CT molecular complexity index is 805. The number of carbonyl (C=O) groups excluding carboxylic acids is 1. The topological polar surface area (TPSA) is 38.8 Å². The highest BCUT2D eigenvalue weighted by Gasteiger charge is 2.38. The van der Waals surface area contributed by atoms with E-state index in [1.54, 1.807) is 0 Å². The number of hydrogen-bond donors (Lipinski definition) is 0. The third-order valence-corrected chi connectivity index (χ3v) is 5.09. The summed E-state index contributed by atoms with van der Waals surface area (Å²) in [5, 5.41) is 0. The van der Waals surface area contributed by atoms with Gasteiger partial charge in [-0.15, -0.1) is 0 Å². The van der Waals surface area contributed by atoms with Crippen LogP contribution in [-0.2, 0) is 16.1 Å². The molecular formula is C25H33NO3. The Labute approximate surface area is 174 Å². The SMILES string of the molecule is Cc1cc(C)cc(CO[C@@H]2CCCN(C(=O)OC(C)(C)C)[C@H]2c2ccccc2)c1. The summed E-state index contributed by atoms with van der Waals surface area (Å²) in [6.07, 6.45) is 1.48. The molecule has 3 rings (SSSR count). The van der Waals surface area contributed by atoms with Gasteiger partial charge in [-0.05, 0) is 58.6 Å². The summed E-state index contributed by atoms with van der Waals surface area (Å²) in [6.45, 7) is 11.1. The van der Waals surface area contributed by atoms with Crippen LogP contribution in [0, 0.1) is 13.8 Å². The molecule has 0 saturated carbocycles. The number of hydrogen-bond acceptors (Lipinski definition) is 3. The van der Waals surface area contributed by atoms with E-state index >= 15 is 0 Å². The van der Waals surface area contributed by atoms with Crippen LogP contribution in [0.5, 0.6) is 0 Å². The lowest BCUT2D eigenvalue weighted by Gasteiger charge is -2.41. The third kappa shape index (κ3) is 5.83. The molecule has 0 radical (unpaired) electrons. The molecule has 0 bridgehead atoms. The third-order valence-electron chi connectivity index (χ3n) is 5.09. The van der Waals surface area contributed by atoms with Crippen LogP contribution in [0.3, 0.4) is 0 Å². The van der Waals surface area contributed by atoms with Gasteiger partial charge in [-0.3, -0.25) is 4.90 Å². The van der Waals surface area contributed by atoms with Crippen molar-refractivity contribution in [3.63, 3.8) is 0 Å². The number of aryl methyl sites for hydroxylation is 2. The summed E-state index contributed by atoms with van der Waals surface area (Å²) in [5.74, 6) is 0. The maximum atomic E-state index is 13.0. The van der Waals surface area contributed by atoms with Crippen LogP contribution in [-0.4, -0.2) is 29.2 Å². The van der Waals surface area contributed by atoms with Crippen molar-refractivity contribution < 1.29 is 14.3 Å². The molecule has 1 saturated heterocycles. The van der Waals surface area contributed by atoms with Crippen molar-refractivity contribution >= 4 is 6.09 Å². The molecule has 1 amide bonds. The van der Waals surface area contributed by atoms with Crippen molar-refractivity contribution in [2.24, 2.45) is 0 Å². The zero-order valence-electron chi connectivity index (χ0n) is 18.3. The molecule has 0 aromatic heterocycles. The van der Waals surface area contributed by atoms with Gasteiger partial charge in [0.2, 0.25) is 0 Å². The number of carbonyl (C=O) groups is 1. The fourth-order valence-corrected chi connectivity index (χ4v) is 4.06. The summed E-state index contributed by atoms with van der Waals surface area (Å²) in [6, 6.07) is 16.5. The van der Waals surface area contributed by atoms with E-state index in [4.69, 9.17) is 9.47 Å². The fourth-order valence-electron chi connectivity index (χ4n) is 4.06. The number of amides is 1. The normalized spacial score (nSPS) is 19.8. The zero-order valence-corrected chi connectivity index (χ0v) is 18.3. The van der Waals surface area contributed by atoms with E-state index in [-0.39, 0.29) is 18.2 Å². The first-order valence-corrected chi connectivity index (χ1v) is 10.5. The molecule has 2 aromatic carbocycles. The predicted octanol–water partition coefficient (Wildman–Crippen LogP) is 5.96. The number of likely N-dealkylation sites (tertiary alicyclic amines) is 1. The first-order valence-electron chi connectivity index (χ1n) is 10.5. The molecule has 1 aliphatic rings. The molecule has 4 heteroatoms. The molecule has 29 heavy (non-hydrogen) atoms. The number of rotatable bonds is 4. The standard InChI is InChI=1S/C25H33NO3/c1-18-14-19(2)16-20(15-18)17-28-22-12-9-13-26(24(27)29-25(3,4)5)23(22)21-10-7-6-8-11-21/h6-8,10-11,14-16,22-23H,9,12-13,17H2,1-5H3/t22-,23+/m1/s1. The molecule has 1 aliphatic heterocycles. The Hall–Kier alpha value is -2.33. The molecule has 0 aliphatic carbocycles. The maximum absolute atomic E-state index is 13.0. The molecule has 0 spiro atoms. The van der Waals surface area contributed by atoms with Crippen molar-refractivity contribution in [2.45, 2.75) is 71.8 Å². The highest BCUT2D eigenvalue weighted by atomic mass is 16.6. The Balaban J connectivity index is 1.83. The Morgan fingerprint density at radius 2 is 1.72 bits per heavy atom. The van der Waals surface area contributed by atoms with Gasteiger partial charge in [0.05, 0.1) is 18.8 Å². The summed E-state index contributed by atoms with van der Waals surface area (Å²) < 4.78 is 12.1. The van der Waals surface area contributed by atoms with E-state index in [1.807, 2.05) is 43.9 Å². The van der Waals surface area contributed by atoms with Gasteiger partial charge < -0.3 is 9.47 Å². The van der Waals surface area contributed by atoms with Gasteiger partial charge in [0.1, 0.15) is 5.60 Å². The van der Waals surface area contributed by atoms with Crippen molar-refractivity contribution in [1.29, 1.82) is 0 Å². The molecule has 2 atom stereocenters. The van der Waals surface area contributed by atoms with Crippen LogP contribution in [0.4, 0.5) is 4.79 Å². The zero-order chi connectivity index (χ0) is 21.0. The quantitative estimate of drug-likeness (QED) is 0.641. The average molecular weight is 396 g/mol. The van der Waals surface area contributed by atoms with E-state index in [0.29, 0.717) is 13.2 Å². The van der Waals surface area contributed by atoms with Gasteiger partial charge in [0.25, 0.3) is 0 Å². The Kier molecular flexibility index (Phi) is 6.63. The molecule has 0 N–H and O–H groups in total. The molecule has 1 heterocycles. The van der Waals surface area contributed by atoms with Crippen molar-refractivity contribution in [1.82, 2.24) is 4.90 Å². The molecule has 1 fully saturated rings. The van der Waals surface area contributed by atoms with Gasteiger partial charge >= 0.3 is 6.09 Å². The Morgan fingerprint density at radius 3 is 2.34 bits per heavy atom. The number of piperidine rings is 1. The van der Waals surface area contributed by atoms with Crippen LogP contribution in [0.25, 0.3) is 0 Å². The first kappa shape index (κ1) is 21.4. The predicted molar refractivity (Wildman–Crippen MR) is 116 cm³/mol. The monoisotopic (exact) mass is 395 g/mol. The minimum atomic E-state index is -0.523. The summed E-state index contributed by atoms with van der Waals surface area (Å²) in [7, 11) is 0. The highest BCUT2D eigenvalue weighted by molar-refractivity contribution is 5.69. The second kappa shape index (κ2) is 9.00. The summed E-state index contributed by atoms with van der Waals surface area (Å²) in [5.41, 5.74) is 4.21. The largest absolute Gasteiger partial charge is 0.444 e. The van der Waals surface area contributed by atoms with E-state index in [0.717, 1.165) is 18.4 Å². The highest BCUT2D eigenvalue weighted by Crippen LogP contribution is 2.35. The molecule has 4 nitrogen and oxygen atoms in total. The van der Waals surface area contributed by atoms with Crippen molar-refractivity contribution in [3.05, 3.63) is 70.8 Å². The summed E-state index contributed by atoms with van der Waals surface area (Å²) in [4.78, 5) is 14.8. The lowest BCUT2D eigenvalue weighted by molar-refractivity contribution is -0.0600. The minimum absolute atomic E-state index is 0.0699. The average Bonchev–Trinajstić information content (AvgIpc) is 2.64. The minimum Gasteiger partial charge on any atom is -0.444 e. The second-order valence-corrected chi connectivity index (χ2v) is 9.02. The van der Waals surface area contributed by atoms with E-state index < -0.39 is 5.60 Å². The second-order valence-electron chi connectivity index (χ2n) is 9.02. The van der Waals surface area contributed by atoms with Gasteiger partial charge in [-0.25, -0.2) is 4.79 Å². The molecule has 2 aromatic rings. The van der Waals surface area contributed by atoms with Gasteiger partial charge in [-0.1, -0.05) is 59.7 Å². The first-order chi connectivity index (χ1) is 13.7. The van der Waals surface area contributed by atoms with Crippen molar-refractivity contribution in [3.8, 4) is 0 Å². The maximum Gasteiger partial charge on any atom is 0.410 e. The lowest BCUT2D eigenvalue weighted by atomic mass is 9.92. The van der Waals surface area contributed by atoms with Gasteiger partial charge in [0, 0.05) is 6.54 Å². The summed E-state index contributed by atoms with van der Waals surface area (Å²) >= 11 is 0. The fraction of sp³-hybridized carbons (Fsp3) is 0.480. The van der Waals surface area contributed by atoms with Gasteiger partial charge in [0.15, 0.2) is 0 Å². The number of benzene rings is 2.